The monoisotopic (exact) mass is 225 g/mol. The van der Waals surface area contributed by atoms with Crippen LogP contribution in [-0.2, 0) is 6.42 Å². The molecule has 1 heterocycles. The third-order valence-corrected chi connectivity index (χ3v) is 2.96. The second kappa shape index (κ2) is 4.02. The highest BCUT2D eigenvalue weighted by Crippen LogP contribution is 2.45. The third kappa shape index (κ3) is 2.04. The van der Waals surface area contributed by atoms with Crippen LogP contribution in [0, 0.1) is 17.2 Å². The first-order valence-electron chi connectivity index (χ1n) is 5.63. The predicted molar refractivity (Wildman–Crippen MR) is 60.0 cm³/mol. The molecule has 1 aliphatic rings. The summed E-state index contributed by atoms with van der Waals surface area (Å²) in [6.07, 6.45) is 1.53. The van der Waals surface area contributed by atoms with Gasteiger partial charge in [0, 0.05) is 6.42 Å². The summed E-state index contributed by atoms with van der Waals surface area (Å²) in [5.41, 5.74) is 1.16. The summed E-state index contributed by atoms with van der Waals surface area (Å²) >= 11 is 0. The molecule has 0 aliphatic heterocycles. The van der Waals surface area contributed by atoms with E-state index < -0.39 is 0 Å². The van der Waals surface area contributed by atoms with E-state index >= 15 is 0 Å². The van der Waals surface area contributed by atoms with Gasteiger partial charge in [-0.1, -0.05) is 35.5 Å². The molecule has 4 heteroatoms. The Morgan fingerprint density at radius 3 is 2.88 bits per heavy atom. The molecule has 0 saturated heterocycles. The molecule has 1 aliphatic carbocycles. The van der Waals surface area contributed by atoms with Crippen molar-refractivity contribution in [2.75, 3.05) is 0 Å². The quantitative estimate of drug-likeness (QED) is 0.803. The molecule has 0 radical (unpaired) electrons. The number of aromatic nitrogens is 2. The molecule has 1 aromatic heterocycles. The van der Waals surface area contributed by atoms with E-state index in [9.17, 15) is 0 Å². The number of hydrogen-bond donors (Lipinski definition) is 0. The molecule has 0 amide bonds. The minimum Gasteiger partial charge on any atom is -0.339 e. The summed E-state index contributed by atoms with van der Waals surface area (Å²) in [7, 11) is 0. The van der Waals surface area contributed by atoms with Crippen molar-refractivity contribution >= 4 is 0 Å². The van der Waals surface area contributed by atoms with Gasteiger partial charge in [0.05, 0.1) is 17.9 Å². The van der Waals surface area contributed by atoms with Gasteiger partial charge in [-0.3, -0.25) is 0 Å². The Bertz CT molecular complexity index is 556. The molecule has 1 aromatic carbocycles. The van der Waals surface area contributed by atoms with Crippen molar-refractivity contribution in [2.45, 2.75) is 18.8 Å². The second-order valence-corrected chi connectivity index (χ2v) is 4.29. The highest BCUT2D eigenvalue weighted by Gasteiger charge is 2.43. The van der Waals surface area contributed by atoms with Crippen LogP contribution < -0.4 is 0 Å². The predicted octanol–water partition coefficient (Wildman–Crippen LogP) is 2.29. The molecule has 3 rings (SSSR count). The normalized spacial score (nSPS) is 22.1. The first-order chi connectivity index (χ1) is 8.36. The van der Waals surface area contributed by atoms with Gasteiger partial charge >= 0.3 is 0 Å². The standard InChI is InChI=1S/C13H11N3O/c14-8-10-7-11(10)13-15-12(16-17-13)6-9-4-2-1-3-5-9/h1-5,10-11H,6-7H2. The molecule has 0 N–H and O–H groups in total. The fourth-order valence-electron chi connectivity index (χ4n) is 1.88. The van der Waals surface area contributed by atoms with Crippen molar-refractivity contribution in [2.24, 2.45) is 5.92 Å². The maximum atomic E-state index is 8.74. The van der Waals surface area contributed by atoms with Crippen LogP contribution >= 0.6 is 0 Å². The van der Waals surface area contributed by atoms with Gasteiger partial charge in [0.15, 0.2) is 5.82 Å². The van der Waals surface area contributed by atoms with E-state index in [2.05, 4.69) is 16.2 Å². The summed E-state index contributed by atoms with van der Waals surface area (Å²) < 4.78 is 5.18. The molecular weight excluding hydrogens is 214 g/mol. The lowest BCUT2D eigenvalue weighted by Crippen LogP contribution is -1.90. The summed E-state index contributed by atoms with van der Waals surface area (Å²) in [6, 6.07) is 12.2. The first kappa shape index (κ1) is 10.0. The topological polar surface area (TPSA) is 62.7 Å². The van der Waals surface area contributed by atoms with Crippen LogP contribution in [0.3, 0.4) is 0 Å². The number of nitrogens with zero attached hydrogens (tertiary/aromatic N) is 3. The Balaban J connectivity index is 1.72. The van der Waals surface area contributed by atoms with E-state index in [-0.39, 0.29) is 11.8 Å². The molecule has 0 spiro atoms. The maximum Gasteiger partial charge on any atom is 0.231 e. The zero-order valence-electron chi connectivity index (χ0n) is 9.21. The van der Waals surface area contributed by atoms with E-state index in [1.54, 1.807) is 0 Å². The zero-order chi connectivity index (χ0) is 11.7. The van der Waals surface area contributed by atoms with Crippen LogP contribution in [0.5, 0.6) is 0 Å². The molecule has 0 bridgehead atoms. The van der Waals surface area contributed by atoms with Crippen molar-refractivity contribution in [3.05, 3.63) is 47.6 Å². The Morgan fingerprint density at radius 1 is 1.35 bits per heavy atom. The molecule has 2 atom stereocenters. The average Bonchev–Trinajstić information content (AvgIpc) is 3.03. The smallest absolute Gasteiger partial charge is 0.231 e. The molecule has 84 valence electrons. The molecule has 2 aromatic rings. The number of hydrogen-bond acceptors (Lipinski definition) is 4. The van der Waals surface area contributed by atoms with Crippen LogP contribution in [0.2, 0.25) is 0 Å². The van der Waals surface area contributed by atoms with Crippen LogP contribution in [0.1, 0.15) is 29.6 Å². The van der Waals surface area contributed by atoms with E-state index in [0.29, 0.717) is 18.1 Å². The number of rotatable bonds is 3. The van der Waals surface area contributed by atoms with E-state index in [1.165, 1.54) is 0 Å². The van der Waals surface area contributed by atoms with Crippen molar-refractivity contribution < 1.29 is 4.52 Å². The van der Waals surface area contributed by atoms with Crippen LogP contribution in [-0.4, -0.2) is 10.1 Å². The van der Waals surface area contributed by atoms with Gasteiger partial charge in [-0.15, -0.1) is 0 Å². The average molecular weight is 225 g/mol. The van der Waals surface area contributed by atoms with Gasteiger partial charge in [0.25, 0.3) is 0 Å². The van der Waals surface area contributed by atoms with Crippen LogP contribution in [0.4, 0.5) is 0 Å². The fraction of sp³-hybridized carbons (Fsp3) is 0.308. The maximum absolute atomic E-state index is 8.74. The Kier molecular flexibility index (Phi) is 2.37. The Morgan fingerprint density at radius 2 is 2.18 bits per heavy atom. The van der Waals surface area contributed by atoms with Gasteiger partial charge in [-0.25, -0.2) is 0 Å². The fourth-order valence-corrected chi connectivity index (χ4v) is 1.88. The number of benzene rings is 1. The lowest BCUT2D eigenvalue weighted by atomic mass is 10.1. The van der Waals surface area contributed by atoms with E-state index in [1.807, 2.05) is 30.3 Å². The van der Waals surface area contributed by atoms with Gasteiger partial charge in [0.2, 0.25) is 5.89 Å². The highest BCUT2D eigenvalue weighted by molar-refractivity contribution is 5.20. The highest BCUT2D eigenvalue weighted by atomic mass is 16.5. The van der Waals surface area contributed by atoms with Crippen molar-refractivity contribution in [3.8, 4) is 6.07 Å². The van der Waals surface area contributed by atoms with E-state index in [4.69, 9.17) is 9.78 Å². The molecule has 1 fully saturated rings. The van der Waals surface area contributed by atoms with Crippen molar-refractivity contribution in [1.29, 1.82) is 5.26 Å². The molecule has 2 unspecified atom stereocenters. The molecule has 17 heavy (non-hydrogen) atoms. The van der Waals surface area contributed by atoms with Gasteiger partial charge in [0.1, 0.15) is 0 Å². The molecule has 1 saturated carbocycles. The molecular formula is C13H11N3O. The summed E-state index contributed by atoms with van der Waals surface area (Å²) in [6.45, 7) is 0. The zero-order valence-corrected chi connectivity index (χ0v) is 9.21. The van der Waals surface area contributed by atoms with Gasteiger partial charge in [-0.2, -0.15) is 10.2 Å². The van der Waals surface area contributed by atoms with Crippen molar-refractivity contribution in [1.82, 2.24) is 10.1 Å². The van der Waals surface area contributed by atoms with Crippen molar-refractivity contribution in [3.63, 3.8) is 0 Å². The minimum absolute atomic E-state index is 0.0695. The first-order valence-corrected chi connectivity index (χ1v) is 5.63. The summed E-state index contributed by atoms with van der Waals surface area (Å²) in [4.78, 5) is 4.34. The van der Waals surface area contributed by atoms with Crippen LogP contribution in [0.25, 0.3) is 0 Å². The Labute approximate surface area is 98.9 Å². The lowest BCUT2D eigenvalue weighted by molar-refractivity contribution is 0.373. The third-order valence-electron chi connectivity index (χ3n) is 2.96. The summed E-state index contributed by atoms with van der Waals surface area (Å²) in [5, 5.41) is 12.7. The van der Waals surface area contributed by atoms with Gasteiger partial charge in [-0.05, 0) is 12.0 Å². The van der Waals surface area contributed by atoms with E-state index in [0.717, 1.165) is 12.0 Å². The minimum atomic E-state index is 0.0695. The SMILES string of the molecule is N#CC1CC1c1nc(Cc2ccccc2)no1. The van der Waals surface area contributed by atoms with Gasteiger partial charge < -0.3 is 4.52 Å². The summed E-state index contributed by atoms with van der Waals surface area (Å²) in [5.74, 6) is 1.54. The largest absolute Gasteiger partial charge is 0.339 e. The lowest BCUT2D eigenvalue weighted by Gasteiger charge is -1.93. The molecule has 4 nitrogen and oxygen atoms in total. The van der Waals surface area contributed by atoms with Crippen LogP contribution in [0.15, 0.2) is 34.9 Å². The Hall–Kier alpha value is -2.15. The second-order valence-electron chi connectivity index (χ2n) is 4.29. The number of nitriles is 1.